The average molecular weight is 1990 g/mol. The maximum absolute atomic E-state index is 17.2. The predicted molar refractivity (Wildman–Crippen MR) is 506 cm³/mol. The molecule has 15 saturated carbocycles. The van der Waals surface area contributed by atoms with Gasteiger partial charge in [0.25, 0.3) is 0 Å². The van der Waals surface area contributed by atoms with Gasteiger partial charge in [-0.15, -0.1) is 0 Å². The van der Waals surface area contributed by atoms with Gasteiger partial charge in [0.05, 0.1) is 75.5 Å². The molecule has 142 heavy (non-hydrogen) atoms. The highest BCUT2D eigenvalue weighted by molar-refractivity contribution is 6.04. The van der Waals surface area contributed by atoms with Crippen LogP contribution in [0.2, 0.25) is 0 Å². The predicted octanol–water partition coefficient (Wildman–Crippen LogP) is 7.58. The Morgan fingerprint density at radius 2 is 0.838 bits per heavy atom. The van der Waals surface area contributed by atoms with Crippen LogP contribution in [0.15, 0.2) is 119 Å². The topological polar surface area (TPSA) is 522 Å². The van der Waals surface area contributed by atoms with Gasteiger partial charge in [0.2, 0.25) is 0 Å². The molecule has 1 aliphatic heterocycles. The number of fused-ring (bicyclic) bond motifs is 27. The highest BCUT2D eigenvalue weighted by Crippen LogP contribution is 2.77. The van der Waals surface area contributed by atoms with Crippen molar-refractivity contribution >= 4 is 57.8 Å². The minimum Gasteiger partial charge on any atom is -0.393 e. The van der Waals surface area contributed by atoms with Gasteiger partial charge >= 0.3 is 0 Å². The van der Waals surface area contributed by atoms with Crippen LogP contribution in [0.3, 0.4) is 0 Å². The Morgan fingerprint density at radius 3 is 1.32 bits per heavy atom. The van der Waals surface area contributed by atoms with E-state index in [-0.39, 0.29) is 164 Å². The second-order valence-electron chi connectivity index (χ2n) is 47.8. The first-order chi connectivity index (χ1) is 66.3. The van der Waals surface area contributed by atoms with Gasteiger partial charge in [0, 0.05) is 85.2 Å². The summed E-state index contributed by atoms with van der Waals surface area (Å²) in [4.78, 5) is 122. The summed E-state index contributed by atoms with van der Waals surface area (Å²) in [6, 6.07) is 0. The molecule has 0 amide bonds. The molecule has 20 aliphatic carbocycles. The van der Waals surface area contributed by atoms with Crippen LogP contribution in [0.1, 0.15) is 205 Å². The van der Waals surface area contributed by atoms with E-state index in [2.05, 4.69) is 13.8 Å². The molecule has 0 bridgehead atoms. The summed E-state index contributed by atoms with van der Waals surface area (Å²) in [6.07, 6.45) is 16.4. The number of aliphatic hydroxyl groups excluding tert-OH is 6. The first-order valence-electron chi connectivity index (χ1n) is 51.6. The SMILES string of the molecule is CCCC1O[C@@H]2C[C@H]3[C@@H]4C[C@H](F)C5=CC(=O)C=C[C@]5(C)[C@@]4(F)[C@@H](O)C[C@]3(C)[C@]2(C(=O)CN)O1.C[C@@H]1C[C@@H]2[C@H](C[C@H](O)[C@@]3(F)[C@H]2CCC2=CC(=O)C=C[C@@]23C)[C@@]1(O)C(=O)CN.C[C@@H]1C[C@H]2[C@@H]3C[C@H](F)C4=CC(=O)C=C[C@]4(C)[C@@]3(F)[C@@H](O)C[C@]2(C)[C@@]1(O)C(=O)CN.C[C@H]1C[C@H]2[C@@H]3CC[C@](O)(C(=O)CN)[C@H]3C[C@H](O)[C@@H]2[C@@]2(C)C=CC(=O)C=C12.C[C@]12C=CC(=O)C=C1CC[C@H]1[C@@H]3C[C@@H](O)[C@](O)(C(=O)CN)[C@H]3C[C@H](O)[C@@]12F. The van der Waals surface area contributed by atoms with E-state index in [9.17, 15) is 99.0 Å². The smallest absolute Gasteiger partial charge is 0.181 e. The maximum Gasteiger partial charge on any atom is 0.181 e. The molecule has 27 nitrogen and oxygen atoms in total. The Hall–Kier alpha value is -7.00. The van der Waals surface area contributed by atoms with Gasteiger partial charge < -0.3 is 89.2 Å². The molecule has 1 unspecified atom stereocenters. The Balaban J connectivity index is 0.000000122. The quantitative estimate of drug-likeness (QED) is 0.0837. The second-order valence-corrected chi connectivity index (χ2v) is 47.8. The van der Waals surface area contributed by atoms with E-state index < -0.39 is 233 Å². The number of Topliss-reactive ketones (excluding diaryl/α,β-unsaturated/α-hetero) is 5. The van der Waals surface area contributed by atoms with Gasteiger partial charge in [-0.2, -0.15) is 0 Å². The third-order valence-corrected chi connectivity index (χ3v) is 42.3. The van der Waals surface area contributed by atoms with Gasteiger partial charge in [0.15, 0.2) is 98.0 Å². The van der Waals surface area contributed by atoms with Crippen LogP contribution < -0.4 is 28.7 Å². The number of aliphatic hydroxyl groups is 10. The molecule has 780 valence electrons. The lowest BCUT2D eigenvalue weighted by Gasteiger charge is -2.63. The molecule has 0 radical (unpaired) electrons. The zero-order valence-corrected chi connectivity index (χ0v) is 83.0. The molecule has 43 atom stereocenters. The van der Waals surface area contributed by atoms with Crippen molar-refractivity contribution in [2.75, 3.05) is 32.7 Å². The number of halogens is 6. The van der Waals surface area contributed by atoms with Gasteiger partial charge in [0.1, 0.15) is 29.1 Å². The molecular weight excluding hydrogens is 1850 g/mol. The van der Waals surface area contributed by atoms with E-state index in [0.29, 0.717) is 69.8 Å². The average Bonchev–Trinajstić information content (AvgIpc) is 1.45. The van der Waals surface area contributed by atoms with Crippen LogP contribution in [0.4, 0.5) is 26.3 Å². The molecule has 16 fully saturated rings. The van der Waals surface area contributed by atoms with E-state index in [1.807, 2.05) is 26.8 Å². The zero-order chi connectivity index (χ0) is 104. The minimum absolute atomic E-state index is 0.0193. The summed E-state index contributed by atoms with van der Waals surface area (Å²) in [5.41, 5.74) is 6.44. The molecule has 21 rings (SSSR count). The summed E-state index contributed by atoms with van der Waals surface area (Å²) < 4.78 is 111. The fourth-order valence-corrected chi connectivity index (χ4v) is 35.4. The number of hydrogen-bond acceptors (Lipinski definition) is 27. The normalized spacial score (nSPS) is 51.8. The van der Waals surface area contributed by atoms with Crippen molar-refractivity contribution in [3.8, 4) is 0 Å². The van der Waals surface area contributed by atoms with Crippen molar-refractivity contribution in [3.05, 3.63) is 119 Å². The van der Waals surface area contributed by atoms with Gasteiger partial charge in [-0.25, -0.2) is 26.3 Å². The molecule has 1 heterocycles. The lowest BCUT2D eigenvalue weighted by atomic mass is 9.44. The number of ketones is 10. The molecular formula is C109H145F6N5O22. The van der Waals surface area contributed by atoms with E-state index in [1.54, 1.807) is 58.9 Å². The van der Waals surface area contributed by atoms with Gasteiger partial charge in [-0.3, -0.25) is 47.9 Å². The van der Waals surface area contributed by atoms with E-state index >= 15 is 26.3 Å². The molecule has 20 N–H and O–H groups in total. The summed E-state index contributed by atoms with van der Waals surface area (Å²) in [5.74, 6) is -9.40. The largest absolute Gasteiger partial charge is 0.393 e. The lowest BCUT2D eigenvalue weighted by Crippen LogP contribution is -2.71. The second kappa shape index (κ2) is 35.9. The fraction of sp³-hybridized carbons (Fsp3) is 0.725. The van der Waals surface area contributed by atoms with Gasteiger partial charge in [-0.1, -0.05) is 102 Å². The maximum atomic E-state index is 17.2. The van der Waals surface area contributed by atoms with E-state index in [1.165, 1.54) is 61.6 Å². The zero-order valence-electron chi connectivity index (χ0n) is 83.0. The van der Waals surface area contributed by atoms with Crippen molar-refractivity contribution in [1.29, 1.82) is 0 Å². The number of allylic oxidation sites excluding steroid dienone is 20. The van der Waals surface area contributed by atoms with E-state index in [4.69, 9.17) is 38.1 Å². The monoisotopic (exact) mass is 1990 g/mol. The van der Waals surface area contributed by atoms with Crippen LogP contribution >= 0.6 is 0 Å². The molecule has 1 saturated heterocycles. The van der Waals surface area contributed by atoms with Crippen LogP contribution in [0.5, 0.6) is 0 Å². The summed E-state index contributed by atoms with van der Waals surface area (Å²) in [6.45, 7) is 18.4. The van der Waals surface area contributed by atoms with Crippen LogP contribution in [0, 0.1) is 139 Å². The first kappa shape index (κ1) is 106. The Kier molecular flexibility index (Phi) is 26.9. The highest BCUT2D eigenvalue weighted by Gasteiger charge is 2.83. The third-order valence-electron chi connectivity index (χ3n) is 42.3. The molecule has 0 aromatic carbocycles. The molecule has 0 aromatic rings. The number of carbonyl (C=O) groups is 10. The number of ether oxygens (including phenoxy) is 2. The Labute approximate surface area is 824 Å². The summed E-state index contributed by atoms with van der Waals surface area (Å²) in [5, 5.41) is 111. The van der Waals surface area contributed by atoms with Crippen molar-refractivity contribution in [2.45, 2.75) is 317 Å². The fourth-order valence-electron chi connectivity index (χ4n) is 35.4. The van der Waals surface area contributed by atoms with Crippen molar-refractivity contribution in [3.63, 3.8) is 0 Å². The molecule has 33 heteroatoms. The van der Waals surface area contributed by atoms with Crippen molar-refractivity contribution in [2.24, 2.45) is 167 Å². The number of hydrogen-bond donors (Lipinski definition) is 15. The molecule has 0 spiro atoms. The molecule has 21 aliphatic rings. The molecule has 0 aromatic heterocycles. The standard InChI is InChI=1S/C25H33F2NO5.C22H29F2NO4.C21H28FNO4.C21H29NO4.C20H26FNO5/c1-4-5-21-32-20-10-14-15-9-17(26)16-8-13(29)6-7-22(16,2)24(15,27)18(30)11-23(14,3)25(20,33-21)19(31)12-28;1-11-6-13-14-8-16(23)15-7-12(26)4-5-19(15,2)21(14,24)17(27)9-20(13,3)22(11,29)18(28)10-25;1-11-7-14-15-4-3-12-8-13(24)5-6-19(12,2)21(15,22)17(25)9-16(14)20(11,27)18(26)10-23;1-11-7-14-13-4-6-21(26,18(25)10-22)16(13)9-17(24)19(14)20(2)5-3-12(23)8-15(11)20;1-18-5-4-11(23)6-10(18)2-3-13-12-7-15(24)19(27,17(26)9-22)14(12)8-16(25)20(13,18)21/h6-8,14-15,17-18,20-21,30H,4-5,9-12,28H2,1-3H3;4-5,7,11,13-14,16-17,27,29H,6,8-10,25H2,1-3H3;5-6,8,11,14-17,25,27H,3-4,7,9-10,23H2,1-2H3;3,5,8,11,13-14,16-17,19,24,26H,4,6-7,9-10,22H2,1-2H3;4-6,12-16,24-25,27H,2-3,7-9,22H2,1H3/t14-,15-,17-,18-,20+,21?,22-,23-,24-,25+;11-,13+,14+,16+,17+,19+,20+,21+,22+;11-,14+,15+,16+,17+,19+,20-,21+;11-,13-,14-,16-,17-,19+,20-,21+;12-,13-,14-,15+,16-,18-,19-,20-/m01100/s1. The Bertz CT molecular complexity index is 5440. The van der Waals surface area contributed by atoms with Crippen LogP contribution in [0.25, 0.3) is 0 Å². The van der Waals surface area contributed by atoms with Crippen molar-refractivity contribution < 1.29 is 135 Å². The van der Waals surface area contributed by atoms with Crippen molar-refractivity contribution in [1.82, 2.24) is 0 Å². The lowest BCUT2D eigenvalue weighted by molar-refractivity contribution is -0.233. The van der Waals surface area contributed by atoms with Crippen LogP contribution in [-0.2, 0) is 57.4 Å². The minimum atomic E-state index is -2.21. The third kappa shape index (κ3) is 14.1. The number of alkyl halides is 6. The summed E-state index contributed by atoms with van der Waals surface area (Å²) >= 11 is 0. The Morgan fingerprint density at radius 1 is 0.408 bits per heavy atom. The van der Waals surface area contributed by atoms with E-state index in [0.717, 1.165) is 36.5 Å². The first-order valence-corrected chi connectivity index (χ1v) is 51.6. The number of nitrogens with two attached hydrogens (primary N) is 5. The number of rotatable bonds is 12. The van der Waals surface area contributed by atoms with Gasteiger partial charge in [-0.05, 0) is 275 Å². The van der Waals surface area contributed by atoms with Crippen LogP contribution in [-0.4, -0.2) is 254 Å². The summed E-state index contributed by atoms with van der Waals surface area (Å²) in [7, 11) is 0. The number of carbonyl (C=O) groups excluding carboxylic acids is 10. The highest BCUT2D eigenvalue weighted by atomic mass is 19.2.